The van der Waals surface area contributed by atoms with Crippen molar-refractivity contribution >= 4 is 81.6 Å². The molecular formula is C46H27N3. The Morgan fingerprint density at radius 1 is 0.388 bits per heavy atom. The maximum Gasteiger partial charge on any atom is 0.148 e. The Kier molecular flexibility index (Phi) is 5.38. The first-order valence-corrected chi connectivity index (χ1v) is 16.7. The summed E-state index contributed by atoms with van der Waals surface area (Å²) in [5, 5.41) is 12.3. The fourth-order valence-electron chi connectivity index (χ4n) is 8.13. The highest BCUT2D eigenvalue weighted by molar-refractivity contribution is 6.26. The van der Waals surface area contributed by atoms with Gasteiger partial charge in [-0.3, -0.25) is 9.38 Å². The van der Waals surface area contributed by atoms with Crippen molar-refractivity contribution in [2.75, 3.05) is 0 Å². The minimum Gasteiger partial charge on any atom is -0.292 e. The number of hydrogen-bond acceptors (Lipinski definition) is 2. The molecule has 0 amide bonds. The van der Waals surface area contributed by atoms with Crippen LogP contribution in [-0.4, -0.2) is 14.4 Å². The molecule has 0 saturated carbocycles. The molecule has 3 heteroatoms. The average molecular weight is 622 g/mol. The summed E-state index contributed by atoms with van der Waals surface area (Å²) in [5.41, 5.74) is 9.92. The Morgan fingerprint density at radius 3 is 1.78 bits per heavy atom. The van der Waals surface area contributed by atoms with Gasteiger partial charge in [0, 0.05) is 17.0 Å². The van der Waals surface area contributed by atoms with E-state index in [1.54, 1.807) is 0 Å². The molecule has 49 heavy (non-hydrogen) atoms. The standard InChI is InChI=1S/C46H27N3/c1-2-14-35-33(12-1)34-13-3-4-15-36(34)39-26-31(19-21-37(35)39)29-9-7-10-30(25-29)32-20-23-42-40(27-32)38-22-18-28-11-8-24-47-45(28)44(38)46-48-41-16-5-6-17-43(41)49(42)46/h1-27H. The minimum absolute atomic E-state index is 0.944. The first-order valence-electron chi connectivity index (χ1n) is 16.7. The fourth-order valence-corrected chi connectivity index (χ4v) is 8.13. The lowest BCUT2D eigenvalue weighted by molar-refractivity contribution is 1.31. The quantitative estimate of drug-likeness (QED) is 0.180. The van der Waals surface area contributed by atoms with Gasteiger partial charge in [-0.05, 0) is 102 Å². The van der Waals surface area contributed by atoms with Crippen LogP contribution in [-0.2, 0) is 0 Å². The van der Waals surface area contributed by atoms with Crippen molar-refractivity contribution < 1.29 is 0 Å². The summed E-state index contributed by atoms with van der Waals surface area (Å²) in [7, 11) is 0. The summed E-state index contributed by atoms with van der Waals surface area (Å²) in [6, 6.07) is 57.2. The summed E-state index contributed by atoms with van der Waals surface area (Å²) < 4.78 is 2.31. The Morgan fingerprint density at radius 2 is 1.00 bits per heavy atom. The van der Waals surface area contributed by atoms with Crippen molar-refractivity contribution in [3.63, 3.8) is 0 Å². The summed E-state index contributed by atoms with van der Waals surface area (Å²) in [6.45, 7) is 0. The van der Waals surface area contributed by atoms with Crippen LogP contribution in [0.4, 0.5) is 0 Å². The van der Waals surface area contributed by atoms with E-state index in [0.717, 1.165) is 43.9 Å². The van der Waals surface area contributed by atoms with Gasteiger partial charge in [0.2, 0.25) is 0 Å². The van der Waals surface area contributed by atoms with Gasteiger partial charge >= 0.3 is 0 Å². The summed E-state index contributed by atoms with van der Waals surface area (Å²) in [6.07, 6.45) is 1.88. The summed E-state index contributed by atoms with van der Waals surface area (Å²) in [4.78, 5) is 10.0. The maximum absolute atomic E-state index is 5.15. The number of imidazole rings is 1. The molecule has 0 aliphatic carbocycles. The van der Waals surface area contributed by atoms with Crippen LogP contribution in [0, 0.1) is 0 Å². The van der Waals surface area contributed by atoms with Gasteiger partial charge in [0.05, 0.1) is 27.5 Å². The number of para-hydroxylation sites is 2. The van der Waals surface area contributed by atoms with Gasteiger partial charge in [0.25, 0.3) is 0 Å². The molecule has 3 aromatic heterocycles. The Hall–Kier alpha value is -6.58. The summed E-state index contributed by atoms with van der Waals surface area (Å²) in [5.74, 6) is 0. The van der Waals surface area contributed by atoms with Crippen molar-refractivity contribution in [1.29, 1.82) is 0 Å². The number of hydrogen-bond donors (Lipinski definition) is 0. The van der Waals surface area contributed by atoms with Crippen LogP contribution in [0.3, 0.4) is 0 Å². The van der Waals surface area contributed by atoms with Gasteiger partial charge in [-0.15, -0.1) is 0 Å². The molecule has 3 nitrogen and oxygen atoms in total. The van der Waals surface area contributed by atoms with E-state index < -0.39 is 0 Å². The zero-order valence-electron chi connectivity index (χ0n) is 26.4. The third-order valence-corrected chi connectivity index (χ3v) is 10.4. The highest BCUT2D eigenvalue weighted by atomic mass is 15.0. The monoisotopic (exact) mass is 621 g/mol. The zero-order valence-corrected chi connectivity index (χ0v) is 26.4. The molecule has 0 fully saturated rings. The molecule has 0 spiro atoms. The number of benzene rings is 8. The lowest BCUT2D eigenvalue weighted by Gasteiger charge is -2.14. The number of nitrogens with zero attached hydrogens (tertiary/aromatic N) is 3. The molecule has 0 radical (unpaired) electrons. The van der Waals surface area contributed by atoms with Crippen LogP contribution in [0.25, 0.3) is 104 Å². The molecule has 0 saturated heterocycles. The van der Waals surface area contributed by atoms with Gasteiger partial charge in [0.1, 0.15) is 5.65 Å². The van der Waals surface area contributed by atoms with E-state index in [-0.39, 0.29) is 0 Å². The Labute approximate surface area is 281 Å². The molecule has 0 aliphatic rings. The second-order valence-corrected chi connectivity index (χ2v) is 13.0. The minimum atomic E-state index is 0.944. The van der Waals surface area contributed by atoms with Crippen molar-refractivity contribution in [2.24, 2.45) is 0 Å². The largest absolute Gasteiger partial charge is 0.292 e. The van der Waals surface area contributed by atoms with Crippen LogP contribution in [0.2, 0.25) is 0 Å². The van der Waals surface area contributed by atoms with E-state index in [4.69, 9.17) is 9.97 Å². The molecule has 0 unspecified atom stereocenters. The van der Waals surface area contributed by atoms with Crippen molar-refractivity contribution in [2.45, 2.75) is 0 Å². The van der Waals surface area contributed by atoms with Gasteiger partial charge in [-0.25, -0.2) is 4.98 Å². The van der Waals surface area contributed by atoms with Crippen molar-refractivity contribution in [1.82, 2.24) is 14.4 Å². The molecule has 11 rings (SSSR count). The molecule has 3 heterocycles. The molecule has 0 N–H and O–H groups in total. The van der Waals surface area contributed by atoms with Crippen molar-refractivity contribution in [3.05, 3.63) is 164 Å². The van der Waals surface area contributed by atoms with Gasteiger partial charge < -0.3 is 0 Å². The van der Waals surface area contributed by atoms with E-state index in [1.807, 2.05) is 12.3 Å². The van der Waals surface area contributed by atoms with Crippen LogP contribution < -0.4 is 0 Å². The van der Waals surface area contributed by atoms with Crippen LogP contribution in [0.1, 0.15) is 0 Å². The average Bonchev–Trinajstić information content (AvgIpc) is 3.57. The predicted octanol–water partition coefficient (Wildman–Crippen LogP) is 12.1. The molecule has 0 bridgehead atoms. The molecular weight excluding hydrogens is 595 g/mol. The first-order chi connectivity index (χ1) is 24.3. The maximum atomic E-state index is 5.15. The third-order valence-electron chi connectivity index (χ3n) is 10.4. The molecule has 0 atom stereocenters. The topological polar surface area (TPSA) is 30.2 Å². The second kappa shape index (κ2) is 9.96. The molecule has 0 aliphatic heterocycles. The smallest absolute Gasteiger partial charge is 0.148 e. The molecule has 226 valence electrons. The highest BCUT2D eigenvalue weighted by Gasteiger charge is 2.17. The van der Waals surface area contributed by atoms with Crippen LogP contribution in [0.15, 0.2) is 164 Å². The van der Waals surface area contributed by atoms with Gasteiger partial charge in [0.15, 0.2) is 0 Å². The van der Waals surface area contributed by atoms with E-state index in [2.05, 4.69) is 156 Å². The van der Waals surface area contributed by atoms with E-state index in [0.29, 0.717) is 0 Å². The zero-order chi connectivity index (χ0) is 32.1. The first kappa shape index (κ1) is 26.5. The molecule has 8 aromatic carbocycles. The van der Waals surface area contributed by atoms with E-state index in [1.165, 1.54) is 60.0 Å². The van der Waals surface area contributed by atoms with Crippen LogP contribution >= 0.6 is 0 Å². The fraction of sp³-hybridized carbons (Fsp3) is 0. The SMILES string of the molecule is c1cc(-c2ccc3c4ccccc4c4ccccc4c3c2)cc(-c2ccc3c(c2)c2ccc4cccnc4c2c2nc4ccccc4n32)c1. The number of aromatic nitrogens is 3. The Balaban J connectivity index is 1.14. The summed E-state index contributed by atoms with van der Waals surface area (Å²) >= 11 is 0. The normalized spacial score (nSPS) is 12.1. The van der Waals surface area contributed by atoms with Crippen LogP contribution in [0.5, 0.6) is 0 Å². The van der Waals surface area contributed by atoms with E-state index >= 15 is 0 Å². The Bertz CT molecular complexity index is 3130. The van der Waals surface area contributed by atoms with Crippen molar-refractivity contribution in [3.8, 4) is 22.3 Å². The number of fused-ring (bicyclic) bond motifs is 16. The predicted molar refractivity (Wildman–Crippen MR) is 206 cm³/mol. The second-order valence-electron chi connectivity index (χ2n) is 13.0. The lowest BCUT2D eigenvalue weighted by Crippen LogP contribution is -1.94. The highest BCUT2D eigenvalue weighted by Crippen LogP contribution is 2.40. The molecule has 11 aromatic rings. The van der Waals surface area contributed by atoms with Gasteiger partial charge in [-0.1, -0.05) is 115 Å². The lowest BCUT2D eigenvalue weighted by atomic mass is 9.91. The van der Waals surface area contributed by atoms with Gasteiger partial charge in [-0.2, -0.15) is 0 Å². The third kappa shape index (κ3) is 3.78. The number of rotatable bonds is 2. The van der Waals surface area contributed by atoms with E-state index in [9.17, 15) is 0 Å². The number of pyridine rings is 2.